The molecule has 2 nitrogen and oxygen atoms in total. The van der Waals surface area contributed by atoms with E-state index in [0.29, 0.717) is 0 Å². The van der Waals surface area contributed by atoms with Crippen molar-refractivity contribution in [2.24, 2.45) is 0 Å². The molecule has 0 aliphatic heterocycles. The van der Waals surface area contributed by atoms with Crippen LogP contribution in [-0.2, 0) is 10.5 Å². The number of hydrogen-bond donors (Lipinski definition) is 1. The van der Waals surface area contributed by atoms with E-state index in [2.05, 4.69) is 15.9 Å². The highest BCUT2D eigenvalue weighted by Crippen LogP contribution is 2.35. The molecule has 0 radical (unpaired) electrons. The van der Waals surface area contributed by atoms with Crippen molar-refractivity contribution in [3.63, 3.8) is 0 Å². The van der Waals surface area contributed by atoms with Crippen LogP contribution < -0.4 is 0 Å². The predicted molar refractivity (Wildman–Crippen MR) is 72.2 cm³/mol. The second kappa shape index (κ2) is 5.73. The first kappa shape index (κ1) is 13.6. The summed E-state index contributed by atoms with van der Waals surface area (Å²) in [7, 11) is 0. The van der Waals surface area contributed by atoms with Crippen LogP contribution in [0.3, 0.4) is 0 Å². The highest BCUT2D eigenvalue weighted by molar-refractivity contribution is 9.10. The molecule has 1 atom stereocenters. The third kappa shape index (κ3) is 3.83. The lowest BCUT2D eigenvalue weighted by atomic mass is 10.1. The fourth-order valence-corrected chi connectivity index (χ4v) is 2.59. The topological polar surface area (TPSA) is 37.3 Å². The summed E-state index contributed by atoms with van der Waals surface area (Å²) >= 11 is 4.86. The van der Waals surface area contributed by atoms with E-state index in [1.807, 2.05) is 44.2 Å². The Balaban J connectivity index is 2.57. The summed E-state index contributed by atoms with van der Waals surface area (Å²) in [5.41, 5.74) is 1.21. The lowest BCUT2D eigenvalue weighted by Gasteiger charge is -2.26. The first-order valence-corrected chi connectivity index (χ1v) is 6.88. The van der Waals surface area contributed by atoms with Crippen molar-refractivity contribution in [2.45, 2.75) is 29.2 Å². The average molecular weight is 303 g/mol. The molecule has 0 saturated heterocycles. The molecule has 0 heterocycles. The summed E-state index contributed by atoms with van der Waals surface area (Å²) in [5, 5.41) is 8.95. The maximum absolute atomic E-state index is 10.9. The van der Waals surface area contributed by atoms with E-state index in [0.717, 1.165) is 5.75 Å². The molecule has 1 aromatic carbocycles. The zero-order valence-corrected chi connectivity index (χ0v) is 11.7. The molecule has 1 unspecified atom stereocenters. The van der Waals surface area contributed by atoms with Gasteiger partial charge in [0.05, 0.1) is 0 Å². The first-order chi connectivity index (χ1) is 7.43. The number of thioether (sulfide) groups is 1. The molecule has 1 N–H and O–H groups in total. The van der Waals surface area contributed by atoms with Crippen molar-refractivity contribution in [1.82, 2.24) is 0 Å². The largest absolute Gasteiger partial charge is 0.480 e. The third-order valence-electron chi connectivity index (χ3n) is 2.28. The summed E-state index contributed by atoms with van der Waals surface area (Å²) in [4.78, 5) is 10.4. The molecule has 4 heteroatoms. The van der Waals surface area contributed by atoms with Crippen LogP contribution in [0.5, 0.6) is 0 Å². The SMILES string of the molecule is CC(C)(SCc1ccccc1)C(Br)C(=O)O. The van der Waals surface area contributed by atoms with Gasteiger partial charge in [-0.15, -0.1) is 11.8 Å². The Morgan fingerprint density at radius 3 is 2.50 bits per heavy atom. The van der Waals surface area contributed by atoms with Gasteiger partial charge in [0.25, 0.3) is 0 Å². The highest BCUT2D eigenvalue weighted by atomic mass is 79.9. The lowest BCUT2D eigenvalue weighted by molar-refractivity contribution is -0.136. The number of hydrogen-bond acceptors (Lipinski definition) is 2. The fourth-order valence-electron chi connectivity index (χ4n) is 1.21. The van der Waals surface area contributed by atoms with Crippen LogP contribution in [0, 0.1) is 0 Å². The molecule has 0 fully saturated rings. The van der Waals surface area contributed by atoms with Crippen LogP contribution in [0.25, 0.3) is 0 Å². The number of alkyl halides is 1. The Morgan fingerprint density at radius 1 is 1.44 bits per heavy atom. The van der Waals surface area contributed by atoms with Crippen molar-refractivity contribution in [2.75, 3.05) is 0 Å². The molecule has 0 aromatic heterocycles. The zero-order valence-electron chi connectivity index (χ0n) is 9.31. The normalized spacial score (nSPS) is 13.4. The number of carboxylic acid groups (broad SMARTS) is 1. The minimum atomic E-state index is -0.814. The second-order valence-electron chi connectivity index (χ2n) is 4.08. The Morgan fingerprint density at radius 2 is 2.00 bits per heavy atom. The number of rotatable bonds is 5. The Hall–Kier alpha value is -0.480. The van der Waals surface area contributed by atoms with Gasteiger partial charge in [0.2, 0.25) is 0 Å². The van der Waals surface area contributed by atoms with Gasteiger partial charge in [-0.1, -0.05) is 46.3 Å². The minimum absolute atomic E-state index is 0.332. The van der Waals surface area contributed by atoms with E-state index in [1.54, 1.807) is 11.8 Å². The average Bonchev–Trinajstić information content (AvgIpc) is 2.27. The summed E-state index contributed by atoms with van der Waals surface area (Å²) in [6, 6.07) is 10.1. The number of aliphatic carboxylic acids is 1. The summed E-state index contributed by atoms with van der Waals surface area (Å²) in [5.74, 6) is 0.00834. The van der Waals surface area contributed by atoms with E-state index in [9.17, 15) is 4.79 Å². The van der Waals surface area contributed by atoms with Gasteiger partial charge >= 0.3 is 5.97 Å². The molecule has 0 spiro atoms. The van der Waals surface area contributed by atoms with Crippen LogP contribution in [0.1, 0.15) is 19.4 Å². The monoisotopic (exact) mass is 302 g/mol. The number of carboxylic acids is 1. The van der Waals surface area contributed by atoms with Gasteiger partial charge in [-0.05, 0) is 19.4 Å². The predicted octanol–water partition coefficient (Wildman–Crippen LogP) is 3.55. The molecule has 16 heavy (non-hydrogen) atoms. The van der Waals surface area contributed by atoms with Crippen LogP contribution in [0.4, 0.5) is 0 Å². The smallest absolute Gasteiger partial charge is 0.318 e. The molecular formula is C12H15BrO2S. The van der Waals surface area contributed by atoms with Crippen molar-refractivity contribution < 1.29 is 9.90 Å². The van der Waals surface area contributed by atoms with Gasteiger partial charge in [-0.25, -0.2) is 0 Å². The van der Waals surface area contributed by atoms with E-state index < -0.39 is 10.8 Å². The molecule has 0 bridgehead atoms. The van der Waals surface area contributed by atoms with Crippen molar-refractivity contribution in [3.8, 4) is 0 Å². The third-order valence-corrected chi connectivity index (χ3v) is 5.58. The van der Waals surface area contributed by atoms with Gasteiger partial charge in [0.15, 0.2) is 0 Å². The van der Waals surface area contributed by atoms with Crippen LogP contribution in [-0.4, -0.2) is 20.7 Å². The van der Waals surface area contributed by atoms with Crippen LogP contribution in [0.15, 0.2) is 30.3 Å². The van der Waals surface area contributed by atoms with E-state index in [-0.39, 0.29) is 4.75 Å². The molecule has 1 rings (SSSR count). The molecule has 0 aliphatic rings. The molecule has 88 valence electrons. The molecule has 0 amide bonds. The second-order valence-corrected chi connectivity index (χ2v) is 6.62. The maximum atomic E-state index is 10.9. The molecule has 0 aliphatic carbocycles. The van der Waals surface area contributed by atoms with Crippen molar-refractivity contribution in [3.05, 3.63) is 35.9 Å². The van der Waals surface area contributed by atoms with Gasteiger partial charge in [0, 0.05) is 10.5 Å². The molecular weight excluding hydrogens is 288 g/mol. The van der Waals surface area contributed by atoms with Gasteiger partial charge in [-0.2, -0.15) is 0 Å². The van der Waals surface area contributed by atoms with Crippen molar-refractivity contribution in [1.29, 1.82) is 0 Å². The number of halogens is 1. The zero-order chi connectivity index (χ0) is 12.2. The summed E-state index contributed by atoms with van der Waals surface area (Å²) in [6.45, 7) is 3.88. The first-order valence-electron chi connectivity index (χ1n) is 4.98. The number of carbonyl (C=O) groups is 1. The summed E-state index contributed by atoms with van der Waals surface area (Å²) < 4.78 is -0.332. The lowest BCUT2D eigenvalue weighted by Crippen LogP contribution is -2.34. The Bertz CT molecular complexity index is 351. The van der Waals surface area contributed by atoms with Gasteiger partial charge < -0.3 is 5.11 Å². The van der Waals surface area contributed by atoms with Crippen LogP contribution >= 0.6 is 27.7 Å². The van der Waals surface area contributed by atoms with Gasteiger partial charge in [0.1, 0.15) is 4.83 Å². The standard InChI is InChI=1S/C12H15BrO2S/c1-12(2,10(13)11(14)15)16-8-9-6-4-3-5-7-9/h3-7,10H,8H2,1-2H3,(H,14,15). The van der Waals surface area contributed by atoms with Crippen molar-refractivity contribution >= 4 is 33.7 Å². The van der Waals surface area contributed by atoms with E-state index in [1.165, 1.54) is 5.56 Å². The van der Waals surface area contributed by atoms with Crippen LogP contribution in [0.2, 0.25) is 0 Å². The highest BCUT2D eigenvalue weighted by Gasteiger charge is 2.33. The van der Waals surface area contributed by atoms with Gasteiger partial charge in [-0.3, -0.25) is 4.79 Å². The molecule has 0 saturated carbocycles. The van der Waals surface area contributed by atoms with E-state index in [4.69, 9.17) is 5.11 Å². The fraction of sp³-hybridized carbons (Fsp3) is 0.417. The van der Waals surface area contributed by atoms with E-state index >= 15 is 0 Å². The maximum Gasteiger partial charge on any atom is 0.318 e. The Labute approximate surface area is 109 Å². The Kier molecular flexibility index (Phi) is 4.87. The molecule has 1 aromatic rings. The minimum Gasteiger partial charge on any atom is -0.480 e. The quantitative estimate of drug-likeness (QED) is 0.845. The number of benzene rings is 1. The summed E-state index contributed by atoms with van der Waals surface area (Å²) in [6.07, 6.45) is 0.